The van der Waals surface area contributed by atoms with Gasteiger partial charge in [0.25, 0.3) is 5.91 Å². The molecular formula is C20H22N2O6. The first-order valence-corrected chi connectivity index (χ1v) is 8.45. The van der Waals surface area contributed by atoms with Crippen molar-refractivity contribution < 1.29 is 28.6 Å². The maximum atomic E-state index is 12.3. The van der Waals surface area contributed by atoms with E-state index in [0.29, 0.717) is 22.9 Å². The maximum absolute atomic E-state index is 12.3. The van der Waals surface area contributed by atoms with Crippen LogP contribution in [0.25, 0.3) is 0 Å². The molecule has 0 aliphatic carbocycles. The molecule has 2 aromatic carbocycles. The third-order valence-electron chi connectivity index (χ3n) is 3.71. The predicted octanol–water partition coefficient (Wildman–Crippen LogP) is 2.85. The Morgan fingerprint density at radius 2 is 1.36 bits per heavy atom. The predicted molar refractivity (Wildman–Crippen MR) is 104 cm³/mol. The van der Waals surface area contributed by atoms with Gasteiger partial charge in [-0.1, -0.05) is 0 Å². The van der Waals surface area contributed by atoms with Gasteiger partial charge in [0.2, 0.25) is 5.91 Å². The van der Waals surface area contributed by atoms with Gasteiger partial charge in [0.05, 0.1) is 19.8 Å². The van der Waals surface area contributed by atoms with Crippen molar-refractivity contribution in [3.63, 3.8) is 0 Å². The van der Waals surface area contributed by atoms with Crippen LogP contribution in [-0.2, 0) is 14.3 Å². The van der Waals surface area contributed by atoms with Crippen LogP contribution in [0, 0.1) is 0 Å². The van der Waals surface area contributed by atoms with E-state index in [9.17, 15) is 14.4 Å². The average Bonchev–Trinajstić information content (AvgIpc) is 2.68. The lowest BCUT2D eigenvalue weighted by Gasteiger charge is -2.14. The molecule has 0 fully saturated rings. The van der Waals surface area contributed by atoms with E-state index in [0.717, 1.165) is 0 Å². The summed E-state index contributed by atoms with van der Waals surface area (Å²) in [7, 11) is 2.94. The number of carbonyl (C=O) groups is 3. The summed E-state index contributed by atoms with van der Waals surface area (Å²) in [5, 5.41) is 5.28. The Balaban J connectivity index is 2.00. The van der Waals surface area contributed by atoms with E-state index < -0.39 is 18.0 Å². The summed E-state index contributed by atoms with van der Waals surface area (Å²) in [6.45, 7) is 2.87. The molecule has 8 heteroatoms. The number of hydrogen-bond acceptors (Lipinski definition) is 6. The van der Waals surface area contributed by atoms with E-state index in [1.54, 1.807) is 30.3 Å². The highest BCUT2D eigenvalue weighted by molar-refractivity contribution is 5.98. The van der Waals surface area contributed by atoms with E-state index in [1.807, 2.05) is 0 Å². The number of esters is 1. The van der Waals surface area contributed by atoms with Crippen LogP contribution in [0.1, 0.15) is 24.2 Å². The standard InChI is InChI=1S/C20H22N2O6/c1-12(19(24)22-16-7-5-15(6-8-16)21-13(2)23)28-20(25)14-9-17(26-3)11-18(10-14)27-4/h5-12H,1-4H3,(H,21,23)(H,22,24). The van der Waals surface area contributed by atoms with Gasteiger partial charge in [0.15, 0.2) is 6.10 Å². The van der Waals surface area contributed by atoms with E-state index >= 15 is 0 Å². The van der Waals surface area contributed by atoms with Crippen LogP contribution in [0.15, 0.2) is 42.5 Å². The lowest BCUT2D eigenvalue weighted by atomic mass is 10.2. The second-order valence-electron chi connectivity index (χ2n) is 5.90. The minimum atomic E-state index is -1.03. The van der Waals surface area contributed by atoms with Crippen LogP contribution >= 0.6 is 0 Å². The number of nitrogens with one attached hydrogen (secondary N) is 2. The number of carbonyl (C=O) groups excluding carboxylic acids is 3. The molecule has 148 valence electrons. The van der Waals surface area contributed by atoms with E-state index in [1.165, 1.54) is 40.2 Å². The minimum Gasteiger partial charge on any atom is -0.497 e. The Kier molecular flexibility index (Phi) is 6.97. The molecular weight excluding hydrogens is 364 g/mol. The fraction of sp³-hybridized carbons (Fsp3) is 0.250. The van der Waals surface area contributed by atoms with Crippen LogP contribution in [-0.4, -0.2) is 38.1 Å². The summed E-state index contributed by atoms with van der Waals surface area (Å²) >= 11 is 0. The monoisotopic (exact) mass is 386 g/mol. The van der Waals surface area contributed by atoms with Crippen molar-refractivity contribution in [3.8, 4) is 11.5 Å². The van der Waals surface area contributed by atoms with Crippen molar-refractivity contribution in [2.75, 3.05) is 24.9 Å². The van der Waals surface area contributed by atoms with Crippen molar-refractivity contribution in [2.45, 2.75) is 20.0 Å². The van der Waals surface area contributed by atoms with Gasteiger partial charge in [-0.15, -0.1) is 0 Å². The van der Waals surface area contributed by atoms with Crippen LogP contribution in [0.2, 0.25) is 0 Å². The lowest BCUT2D eigenvalue weighted by molar-refractivity contribution is -0.123. The third-order valence-corrected chi connectivity index (χ3v) is 3.71. The van der Waals surface area contributed by atoms with Gasteiger partial charge in [-0.25, -0.2) is 4.79 Å². The molecule has 0 aromatic heterocycles. The number of ether oxygens (including phenoxy) is 3. The second kappa shape index (κ2) is 9.40. The van der Waals surface area contributed by atoms with Crippen LogP contribution in [0.3, 0.4) is 0 Å². The fourth-order valence-corrected chi connectivity index (χ4v) is 2.29. The van der Waals surface area contributed by atoms with Crippen molar-refractivity contribution in [3.05, 3.63) is 48.0 Å². The van der Waals surface area contributed by atoms with Gasteiger partial charge in [0, 0.05) is 24.4 Å². The molecule has 2 N–H and O–H groups in total. The zero-order valence-corrected chi connectivity index (χ0v) is 16.1. The highest BCUT2D eigenvalue weighted by Crippen LogP contribution is 2.23. The summed E-state index contributed by atoms with van der Waals surface area (Å²) in [4.78, 5) is 35.6. The van der Waals surface area contributed by atoms with E-state index in [4.69, 9.17) is 14.2 Å². The molecule has 0 aliphatic heterocycles. The zero-order chi connectivity index (χ0) is 20.7. The summed E-state index contributed by atoms with van der Waals surface area (Å²) < 4.78 is 15.5. The van der Waals surface area contributed by atoms with Gasteiger partial charge in [0.1, 0.15) is 11.5 Å². The second-order valence-corrected chi connectivity index (χ2v) is 5.90. The van der Waals surface area contributed by atoms with Gasteiger partial charge >= 0.3 is 5.97 Å². The minimum absolute atomic E-state index is 0.188. The van der Waals surface area contributed by atoms with Crippen LogP contribution in [0.5, 0.6) is 11.5 Å². The highest BCUT2D eigenvalue weighted by Gasteiger charge is 2.20. The topological polar surface area (TPSA) is 103 Å². The molecule has 0 heterocycles. The zero-order valence-electron chi connectivity index (χ0n) is 16.1. The first-order chi connectivity index (χ1) is 13.3. The highest BCUT2D eigenvalue weighted by atomic mass is 16.5. The summed E-state index contributed by atoms with van der Waals surface area (Å²) in [5.41, 5.74) is 1.32. The normalized spacial score (nSPS) is 11.1. The van der Waals surface area contributed by atoms with E-state index in [2.05, 4.69) is 10.6 Å². The lowest BCUT2D eigenvalue weighted by Crippen LogP contribution is -2.30. The first kappa shape index (κ1) is 20.8. The molecule has 2 amide bonds. The Morgan fingerprint density at radius 3 is 1.82 bits per heavy atom. The Labute approximate surface area is 162 Å². The number of rotatable bonds is 7. The summed E-state index contributed by atoms with van der Waals surface area (Å²) in [5.74, 6) is -0.492. The van der Waals surface area contributed by atoms with E-state index in [-0.39, 0.29) is 11.5 Å². The Bertz CT molecular complexity index is 841. The van der Waals surface area contributed by atoms with Crippen molar-refractivity contribution in [1.82, 2.24) is 0 Å². The molecule has 0 bridgehead atoms. The molecule has 28 heavy (non-hydrogen) atoms. The number of methoxy groups -OCH3 is 2. The smallest absolute Gasteiger partial charge is 0.339 e. The first-order valence-electron chi connectivity index (χ1n) is 8.45. The number of hydrogen-bond donors (Lipinski definition) is 2. The molecule has 2 aromatic rings. The van der Waals surface area contributed by atoms with Gasteiger partial charge in [-0.2, -0.15) is 0 Å². The summed E-state index contributed by atoms with van der Waals surface area (Å²) in [6.07, 6.45) is -1.03. The molecule has 0 saturated heterocycles. The molecule has 1 unspecified atom stereocenters. The molecule has 0 saturated carbocycles. The molecule has 0 aliphatic rings. The number of anilines is 2. The molecule has 0 spiro atoms. The van der Waals surface area contributed by atoms with Crippen molar-refractivity contribution in [2.24, 2.45) is 0 Å². The van der Waals surface area contributed by atoms with Crippen molar-refractivity contribution >= 4 is 29.2 Å². The van der Waals surface area contributed by atoms with Crippen LogP contribution < -0.4 is 20.1 Å². The molecule has 0 radical (unpaired) electrons. The molecule has 1 atom stereocenters. The SMILES string of the molecule is COc1cc(OC)cc(C(=O)OC(C)C(=O)Nc2ccc(NC(C)=O)cc2)c1. The van der Waals surface area contributed by atoms with Crippen molar-refractivity contribution in [1.29, 1.82) is 0 Å². The van der Waals surface area contributed by atoms with Gasteiger partial charge in [-0.05, 0) is 43.3 Å². The number of benzene rings is 2. The third kappa shape index (κ3) is 5.73. The quantitative estimate of drug-likeness (QED) is 0.710. The fourth-order valence-electron chi connectivity index (χ4n) is 2.29. The molecule has 2 rings (SSSR count). The Hall–Kier alpha value is -3.55. The van der Waals surface area contributed by atoms with Crippen LogP contribution in [0.4, 0.5) is 11.4 Å². The molecule has 8 nitrogen and oxygen atoms in total. The van der Waals surface area contributed by atoms with Gasteiger partial charge in [-0.3, -0.25) is 9.59 Å². The van der Waals surface area contributed by atoms with Gasteiger partial charge < -0.3 is 24.8 Å². The largest absolute Gasteiger partial charge is 0.497 e. The maximum Gasteiger partial charge on any atom is 0.339 e. The summed E-state index contributed by atoms with van der Waals surface area (Å²) in [6, 6.07) is 11.2. The number of amides is 2. The average molecular weight is 386 g/mol. The Morgan fingerprint density at radius 1 is 0.857 bits per heavy atom.